The van der Waals surface area contributed by atoms with E-state index in [1.807, 2.05) is 62.4 Å². The number of nitrogens with zero attached hydrogens (tertiary/aromatic N) is 1. The van der Waals surface area contributed by atoms with E-state index in [-0.39, 0.29) is 17.3 Å². The summed E-state index contributed by atoms with van der Waals surface area (Å²) in [6.45, 7) is 6.40. The first-order chi connectivity index (χ1) is 13.0. The van der Waals surface area contributed by atoms with Crippen LogP contribution in [-0.2, 0) is 11.3 Å². The van der Waals surface area contributed by atoms with Crippen LogP contribution in [0.5, 0.6) is 5.75 Å². The molecule has 1 atom stereocenters. The summed E-state index contributed by atoms with van der Waals surface area (Å²) >= 11 is 0.985. The number of ether oxygens (including phenoxy) is 1. The average molecular weight is 381 g/mol. The number of hydrogen-bond donors (Lipinski definition) is 0. The fourth-order valence-electron chi connectivity index (χ4n) is 2.62. The highest BCUT2D eigenvalue weighted by atomic mass is 32.2. The molecule has 0 aliphatic carbocycles. The van der Waals surface area contributed by atoms with Gasteiger partial charge in [0.15, 0.2) is 0 Å². The van der Waals surface area contributed by atoms with E-state index in [0.717, 1.165) is 40.6 Å². The molecule has 1 fully saturated rings. The van der Waals surface area contributed by atoms with Crippen LogP contribution in [0.15, 0.2) is 53.4 Å². The van der Waals surface area contributed by atoms with Gasteiger partial charge in [-0.2, -0.15) is 0 Å². The van der Waals surface area contributed by atoms with Crippen molar-refractivity contribution in [2.45, 2.75) is 39.8 Å². The van der Waals surface area contributed by atoms with Crippen molar-refractivity contribution in [2.75, 3.05) is 0 Å². The molecule has 0 saturated carbocycles. The number of rotatable bonds is 6. The summed E-state index contributed by atoms with van der Waals surface area (Å²) in [4.78, 5) is 26.6. The lowest BCUT2D eigenvalue weighted by molar-refractivity contribution is -0.123. The van der Waals surface area contributed by atoms with Crippen molar-refractivity contribution in [3.05, 3.63) is 70.1 Å². The van der Waals surface area contributed by atoms with E-state index < -0.39 is 0 Å². The van der Waals surface area contributed by atoms with Gasteiger partial charge in [0, 0.05) is 0 Å². The number of thioether (sulfide) groups is 1. The monoisotopic (exact) mass is 381 g/mol. The van der Waals surface area contributed by atoms with Gasteiger partial charge < -0.3 is 4.74 Å². The van der Waals surface area contributed by atoms with Gasteiger partial charge in [-0.05, 0) is 61.4 Å². The molecular formula is C22H23NO3S. The second-order valence-corrected chi connectivity index (χ2v) is 7.65. The van der Waals surface area contributed by atoms with Crippen molar-refractivity contribution >= 4 is 29.0 Å². The zero-order valence-corrected chi connectivity index (χ0v) is 16.6. The third kappa shape index (κ3) is 4.80. The largest absolute Gasteiger partial charge is 0.491 e. The van der Waals surface area contributed by atoms with Crippen LogP contribution in [-0.4, -0.2) is 22.2 Å². The molecule has 0 N–H and O–H groups in total. The molecule has 0 unspecified atom stereocenters. The Morgan fingerprint density at radius 2 is 1.74 bits per heavy atom. The number of benzene rings is 2. The van der Waals surface area contributed by atoms with Crippen LogP contribution in [0.2, 0.25) is 0 Å². The molecular weight excluding hydrogens is 358 g/mol. The number of imide groups is 1. The lowest BCUT2D eigenvalue weighted by atomic mass is 10.1. The molecule has 0 bridgehead atoms. The minimum absolute atomic E-state index is 0.161. The molecule has 0 radical (unpaired) electrons. The van der Waals surface area contributed by atoms with Crippen LogP contribution in [0.1, 0.15) is 37.0 Å². The summed E-state index contributed by atoms with van der Waals surface area (Å²) in [7, 11) is 0. The molecule has 27 heavy (non-hydrogen) atoms. The summed E-state index contributed by atoms with van der Waals surface area (Å²) in [5.74, 6) is 0.555. The minimum atomic E-state index is -0.245. The lowest BCUT2D eigenvalue weighted by Gasteiger charge is -2.13. The quantitative estimate of drug-likeness (QED) is 0.628. The van der Waals surface area contributed by atoms with E-state index in [2.05, 4.69) is 6.92 Å². The van der Waals surface area contributed by atoms with Crippen molar-refractivity contribution in [1.82, 2.24) is 4.90 Å². The molecule has 1 aliphatic rings. The van der Waals surface area contributed by atoms with Crippen LogP contribution in [0.4, 0.5) is 4.79 Å². The molecule has 2 amide bonds. The molecule has 2 aromatic carbocycles. The Kier molecular flexibility index (Phi) is 6.01. The van der Waals surface area contributed by atoms with Crippen molar-refractivity contribution in [3.8, 4) is 5.75 Å². The van der Waals surface area contributed by atoms with Gasteiger partial charge in [-0.25, -0.2) is 0 Å². The van der Waals surface area contributed by atoms with Gasteiger partial charge in [0.25, 0.3) is 11.1 Å². The molecule has 2 aromatic rings. The average Bonchev–Trinajstić information content (AvgIpc) is 2.92. The normalized spacial score (nSPS) is 16.9. The zero-order valence-electron chi connectivity index (χ0n) is 15.8. The van der Waals surface area contributed by atoms with Gasteiger partial charge in [0.2, 0.25) is 0 Å². The molecule has 5 heteroatoms. The summed E-state index contributed by atoms with van der Waals surface area (Å²) in [6.07, 6.45) is 2.86. The van der Waals surface area contributed by atoms with E-state index in [1.54, 1.807) is 6.08 Å². The maximum atomic E-state index is 12.6. The standard InChI is InChI=1S/C22H23NO3S/c1-4-16(3)26-19-11-9-17(10-12-19)13-20-21(24)23(22(25)27-20)14-18-7-5-15(2)6-8-18/h5-13,16H,4,14H2,1-3H3/b20-13-/t16-/m1/s1. The molecule has 1 saturated heterocycles. The Hall–Kier alpha value is -2.53. The smallest absolute Gasteiger partial charge is 0.293 e. The SMILES string of the molecule is CC[C@@H](C)Oc1ccc(/C=C2\SC(=O)N(Cc3ccc(C)cc3)C2=O)cc1. The van der Waals surface area contributed by atoms with Gasteiger partial charge in [0.05, 0.1) is 17.6 Å². The summed E-state index contributed by atoms with van der Waals surface area (Å²) in [5.41, 5.74) is 2.96. The summed E-state index contributed by atoms with van der Waals surface area (Å²) in [5, 5.41) is -0.233. The van der Waals surface area contributed by atoms with E-state index in [9.17, 15) is 9.59 Å². The fourth-order valence-corrected chi connectivity index (χ4v) is 3.46. The third-order valence-corrected chi connectivity index (χ3v) is 5.33. The topological polar surface area (TPSA) is 46.6 Å². The Labute approximate surface area is 164 Å². The van der Waals surface area contributed by atoms with Crippen molar-refractivity contribution in [3.63, 3.8) is 0 Å². The Bertz CT molecular complexity index is 856. The van der Waals surface area contributed by atoms with Gasteiger partial charge in [-0.15, -0.1) is 0 Å². The highest BCUT2D eigenvalue weighted by molar-refractivity contribution is 8.18. The first-order valence-electron chi connectivity index (χ1n) is 9.04. The lowest BCUT2D eigenvalue weighted by Crippen LogP contribution is -2.27. The second-order valence-electron chi connectivity index (χ2n) is 6.66. The first kappa shape index (κ1) is 19.2. The van der Waals surface area contributed by atoms with E-state index in [0.29, 0.717) is 11.4 Å². The predicted molar refractivity (Wildman–Crippen MR) is 110 cm³/mol. The Morgan fingerprint density at radius 1 is 1.07 bits per heavy atom. The third-order valence-electron chi connectivity index (χ3n) is 4.42. The molecule has 3 rings (SSSR count). The molecule has 1 aliphatic heterocycles. The van der Waals surface area contributed by atoms with Crippen LogP contribution in [0, 0.1) is 6.92 Å². The Morgan fingerprint density at radius 3 is 2.37 bits per heavy atom. The number of carbonyl (C=O) groups excluding carboxylic acids is 2. The van der Waals surface area contributed by atoms with Crippen LogP contribution in [0.25, 0.3) is 6.08 Å². The van der Waals surface area contributed by atoms with Crippen LogP contribution in [0.3, 0.4) is 0 Å². The van der Waals surface area contributed by atoms with Crippen molar-refractivity contribution in [2.24, 2.45) is 0 Å². The summed E-state index contributed by atoms with van der Waals surface area (Å²) < 4.78 is 5.76. The number of amides is 2. The van der Waals surface area contributed by atoms with Gasteiger partial charge in [-0.1, -0.05) is 48.9 Å². The zero-order chi connectivity index (χ0) is 19.4. The van der Waals surface area contributed by atoms with Gasteiger partial charge in [-0.3, -0.25) is 14.5 Å². The van der Waals surface area contributed by atoms with Crippen molar-refractivity contribution < 1.29 is 14.3 Å². The minimum Gasteiger partial charge on any atom is -0.491 e. The molecule has 0 spiro atoms. The highest BCUT2D eigenvalue weighted by Gasteiger charge is 2.34. The molecule has 4 nitrogen and oxygen atoms in total. The highest BCUT2D eigenvalue weighted by Crippen LogP contribution is 2.33. The second kappa shape index (κ2) is 8.44. The van der Waals surface area contributed by atoms with E-state index >= 15 is 0 Å². The van der Waals surface area contributed by atoms with Gasteiger partial charge >= 0.3 is 0 Å². The van der Waals surface area contributed by atoms with E-state index in [4.69, 9.17) is 4.74 Å². The first-order valence-corrected chi connectivity index (χ1v) is 9.85. The molecule has 1 heterocycles. The van der Waals surface area contributed by atoms with E-state index in [1.165, 1.54) is 4.90 Å². The maximum absolute atomic E-state index is 12.6. The number of hydrogen-bond acceptors (Lipinski definition) is 4. The van der Waals surface area contributed by atoms with Crippen molar-refractivity contribution in [1.29, 1.82) is 0 Å². The predicted octanol–water partition coefficient (Wildman–Crippen LogP) is 5.41. The maximum Gasteiger partial charge on any atom is 0.293 e. The number of carbonyl (C=O) groups is 2. The summed E-state index contributed by atoms with van der Waals surface area (Å²) in [6, 6.07) is 15.4. The van der Waals surface area contributed by atoms with Gasteiger partial charge in [0.1, 0.15) is 5.75 Å². The van der Waals surface area contributed by atoms with Crippen LogP contribution >= 0.6 is 11.8 Å². The fraction of sp³-hybridized carbons (Fsp3) is 0.273. The molecule has 0 aromatic heterocycles. The Balaban J connectivity index is 1.71. The van der Waals surface area contributed by atoms with Crippen LogP contribution < -0.4 is 4.74 Å². The molecule has 140 valence electrons. The number of aryl methyl sites for hydroxylation is 1.